The highest BCUT2D eigenvalue weighted by molar-refractivity contribution is 5.45. The Morgan fingerprint density at radius 3 is 1.73 bits per heavy atom. The van der Waals surface area contributed by atoms with Gasteiger partial charge in [-0.1, -0.05) is 55.9 Å². The van der Waals surface area contributed by atoms with E-state index in [1.54, 1.807) is 0 Å². The number of nitrogens with one attached hydrogen (secondary N) is 1. The van der Waals surface area contributed by atoms with E-state index < -0.39 is 0 Å². The number of hydrogen-bond acceptors (Lipinski definition) is 1. The van der Waals surface area contributed by atoms with Crippen LogP contribution in [-0.2, 0) is 4.79 Å². The third kappa shape index (κ3) is 16.2. The van der Waals surface area contributed by atoms with Gasteiger partial charge in [0, 0.05) is 6.54 Å². The number of carbonyl (C=O) groups is 1. The van der Waals surface area contributed by atoms with Crippen molar-refractivity contribution in [3.8, 4) is 0 Å². The molecule has 2 heteroatoms. The van der Waals surface area contributed by atoms with Gasteiger partial charge in [0.15, 0.2) is 0 Å². The molecule has 0 bridgehead atoms. The zero-order chi connectivity index (χ0) is 11.8. The van der Waals surface area contributed by atoms with Gasteiger partial charge in [-0.3, -0.25) is 4.79 Å². The Kier molecular flexibility index (Phi) is 11.6. The van der Waals surface area contributed by atoms with Gasteiger partial charge in [0.25, 0.3) is 0 Å². The third-order valence-electron chi connectivity index (χ3n) is 1.67. The van der Waals surface area contributed by atoms with Crippen molar-refractivity contribution in [2.45, 2.75) is 62.3 Å². The van der Waals surface area contributed by atoms with Gasteiger partial charge >= 0.3 is 0 Å². The molecular formula is C13H31NO. The Morgan fingerprint density at radius 2 is 1.47 bits per heavy atom. The van der Waals surface area contributed by atoms with E-state index in [-0.39, 0.29) is 12.8 Å². The summed E-state index contributed by atoms with van der Waals surface area (Å²) in [4.78, 5) is 10.1. The molecule has 0 rings (SSSR count). The van der Waals surface area contributed by atoms with Crippen LogP contribution < -0.4 is 5.32 Å². The lowest BCUT2D eigenvalue weighted by Crippen LogP contribution is -2.32. The van der Waals surface area contributed by atoms with Gasteiger partial charge in [-0.05, 0) is 17.3 Å². The molecule has 15 heavy (non-hydrogen) atoms. The van der Waals surface area contributed by atoms with E-state index in [1.807, 2.05) is 13.8 Å². The Morgan fingerprint density at radius 1 is 1.07 bits per heavy atom. The van der Waals surface area contributed by atoms with E-state index in [2.05, 4.69) is 39.9 Å². The topological polar surface area (TPSA) is 29.1 Å². The molecule has 0 fully saturated rings. The van der Waals surface area contributed by atoms with Crippen molar-refractivity contribution in [2.24, 2.45) is 10.8 Å². The monoisotopic (exact) mass is 217 g/mol. The van der Waals surface area contributed by atoms with Crippen LogP contribution in [0.2, 0.25) is 0 Å². The van der Waals surface area contributed by atoms with Crippen molar-refractivity contribution in [1.82, 2.24) is 5.32 Å². The number of carbonyl (C=O) groups excluding carboxylic acids is 1. The second kappa shape index (κ2) is 8.75. The summed E-state index contributed by atoms with van der Waals surface area (Å²) in [6.45, 7) is 15.8. The molecule has 0 heterocycles. The molecule has 2 nitrogen and oxygen atoms in total. The van der Waals surface area contributed by atoms with Crippen LogP contribution in [0.3, 0.4) is 0 Å². The Balaban J connectivity index is -0.000000449. The number of hydrogen-bond donors (Lipinski definition) is 1. The molecular weight excluding hydrogens is 186 g/mol. The minimum Gasteiger partial charge on any atom is -0.358 e. The van der Waals surface area contributed by atoms with Gasteiger partial charge in [0.05, 0.1) is 0 Å². The van der Waals surface area contributed by atoms with Crippen molar-refractivity contribution in [3.63, 3.8) is 0 Å². The lowest BCUT2D eigenvalue weighted by molar-refractivity contribution is -0.110. The number of rotatable bonds is 4. The predicted octanol–water partition coefficient (Wildman–Crippen LogP) is 3.86. The molecule has 0 aliphatic carbocycles. The summed E-state index contributed by atoms with van der Waals surface area (Å²) in [5.74, 6) is 0. The Labute approximate surface area is 96.8 Å². The maximum absolute atomic E-state index is 10.1. The molecule has 0 aromatic heterocycles. The van der Waals surface area contributed by atoms with Crippen LogP contribution in [0, 0.1) is 10.8 Å². The molecule has 0 aromatic rings. The molecule has 0 unspecified atom stereocenters. The Hall–Kier alpha value is -0.530. The van der Waals surface area contributed by atoms with Gasteiger partial charge in [0.2, 0.25) is 6.41 Å². The quantitative estimate of drug-likeness (QED) is 0.712. The second-order valence-electron chi connectivity index (χ2n) is 5.40. The minimum atomic E-state index is 0. The van der Waals surface area contributed by atoms with E-state index >= 15 is 0 Å². The van der Waals surface area contributed by atoms with Crippen LogP contribution >= 0.6 is 0 Å². The van der Waals surface area contributed by atoms with Crippen LogP contribution in [0.5, 0.6) is 0 Å². The summed E-state index contributed by atoms with van der Waals surface area (Å²) in [5.41, 5.74) is 0.521. The van der Waals surface area contributed by atoms with Crippen LogP contribution in [0.1, 0.15) is 62.3 Å². The summed E-state index contributed by atoms with van der Waals surface area (Å²) in [6.07, 6.45) is 1.88. The van der Waals surface area contributed by atoms with Gasteiger partial charge in [-0.15, -0.1) is 0 Å². The van der Waals surface area contributed by atoms with Crippen LogP contribution in [0.4, 0.5) is 0 Å². The van der Waals surface area contributed by atoms with Crippen molar-refractivity contribution < 1.29 is 4.79 Å². The van der Waals surface area contributed by atoms with Crippen molar-refractivity contribution in [3.05, 3.63) is 0 Å². The highest BCUT2D eigenvalue weighted by atomic mass is 16.1. The zero-order valence-corrected chi connectivity index (χ0v) is 10.9. The van der Waals surface area contributed by atoms with Crippen molar-refractivity contribution >= 4 is 6.41 Å². The lowest BCUT2D eigenvalue weighted by Gasteiger charge is -2.31. The first-order valence-corrected chi connectivity index (χ1v) is 5.44. The largest absolute Gasteiger partial charge is 0.358 e. The zero-order valence-electron chi connectivity index (χ0n) is 10.9. The maximum atomic E-state index is 10.1. The van der Waals surface area contributed by atoms with Gasteiger partial charge < -0.3 is 5.32 Å². The first-order chi connectivity index (χ1) is 6.27. The molecule has 0 radical (unpaired) electrons. The molecule has 0 atom stereocenters. The molecule has 1 amide bonds. The number of amides is 1. The standard InChI is InChI=1S/C10H21NO.C2H6.CH4/c1-9(2,3)6-10(4,5)7-11-8-12;1-2;/h8H,6-7H2,1-5H3,(H,11,12);1-2H3;1H4. The molecule has 0 aliphatic heterocycles. The summed E-state index contributed by atoms with van der Waals surface area (Å²) in [7, 11) is 0. The average molecular weight is 217 g/mol. The maximum Gasteiger partial charge on any atom is 0.207 e. The molecule has 1 N–H and O–H groups in total. The van der Waals surface area contributed by atoms with Crippen LogP contribution in [0.15, 0.2) is 0 Å². The van der Waals surface area contributed by atoms with E-state index in [4.69, 9.17) is 0 Å². The fourth-order valence-corrected chi connectivity index (χ4v) is 1.82. The molecule has 94 valence electrons. The highest BCUT2D eigenvalue weighted by Crippen LogP contribution is 2.32. The van der Waals surface area contributed by atoms with Crippen LogP contribution in [0.25, 0.3) is 0 Å². The molecule has 0 saturated carbocycles. The SMILES string of the molecule is C.CC.CC(C)(C)CC(C)(C)CNC=O. The third-order valence-corrected chi connectivity index (χ3v) is 1.67. The minimum absolute atomic E-state index is 0. The van der Waals surface area contributed by atoms with E-state index in [1.165, 1.54) is 0 Å². The fraction of sp³-hybridized carbons (Fsp3) is 0.923. The molecule has 0 spiro atoms. The smallest absolute Gasteiger partial charge is 0.207 e. The van der Waals surface area contributed by atoms with Gasteiger partial charge in [-0.25, -0.2) is 0 Å². The first-order valence-electron chi connectivity index (χ1n) is 5.44. The van der Waals surface area contributed by atoms with Crippen molar-refractivity contribution in [1.29, 1.82) is 0 Å². The molecule has 0 aromatic carbocycles. The summed E-state index contributed by atoms with van der Waals surface area (Å²) >= 11 is 0. The lowest BCUT2D eigenvalue weighted by atomic mass is 9.76. The predicted molar refractivity (Wildman–Crippen MR) is 70.0 cm³/mol. The second-order valence-corrected chi connectivity index (χ2v) is 5.40. The summed E-state index contributed by atoms with van der Waals surface area (Å²) in [6, 6.07) is 0. The average Bonchev–Trinajstić information content (AvgIpc) is 2.00. The summed E-state index contributed by atoms with van der Waals surface area (Å²) in [5, 5.41) is 2.73. The molecule has 0 saturated heterocycles. The Bertz CT molecular complexity index is 145. The van der Waals surface area contributed by atoms with Crippen molar-refractivity contribution in [2.75, 3.05) is 6.54 Å². The van der Waals surface area contributed by atoms with E-state index in [0.29, 0.717) is 5.41 Å². The van der Waals surface area contributed by atoms with E-state index in [9.17, 15) is 4.79 Å². The van der Waals surface area contributed by atoms with E-state index in [0.717, 1.165) is 19.4 Å². The first kappa shape index (κ1) is 20.0. The van der Waals surface area contributed by atoms with Crippen LogP contribution in [-0.4, -0.2) is 13.0 Å². The summed E-state index contributed by atoms with van der Waals surface area (Å²) < 4.78 is 0. The van der Waals surface area contributed by atoms with Gasteiger partial charge in [0.1, 0.15) is 0 Å². The fourth-order valence-electron chi connectivity index (χ4n) is 1.82. The van der Waals surface area contributed by atoms with Gasteiger partial charge in [-0.2, -0.15) is 0 Å². The highest BCUT2D eigenvalue weighted by Gasteiger charge is 2.24. The molecule has 0 aliphatic rings. The normalized spacial score (nSPS) is 10.6.